The van der Waals surface area contributed by atoms with Crippen molar-refractivity contribution in [2.45, 2.75) is 57.1 Å². The maximum atomic E-state index is 10.5. The highest BCUT2D eigenvalue weighted by atomic mass is 32.2. The summed E-state index contributed by atoms with van der Waals surface area (Å²) in [5.74, 6) is 0.146. The van der Waals surface area contributed by atoms with Crippen LogP contribution < -0.4 is 5.73 Å². The lowest BCUT2D eigenvalue weighted by Gasteiger charge is -2.51. The molecule has 2 unspecified atom stereocenters. The largest absolute Gasteiger partial charge is 0.748 e. The van der Waals surface area contributed by atoms with E-state index in [4.69, 9.17) is 0 Å². The summed E-state index contributed by atoms with van der Waals surface area (Å²) >= 11 is 0. The van der Waals surface area contributed by atoms with Crippen LogP contribution in [-0.2, 0) is 10.1 Å². The number of aliphatic hydroxyl groups excluding tert-OH is 1. The molecule has 3 aliphatic rings. The first-order chi connectivity index (χ1) is 8.34. The first-order valence-corrected chi connectivity index (χ1v) is 8.36. The lowest BCUT2D eigenvalue weighted by Crippen LogP contribution is -2.77. The van der Waals surface area contributed by atoms with Crippen LogP contribution in [0.5, 0.6) is 0 Å². The maximum absolute atomic E-state index is 10.5. The van der Waals surface area contributed by atoms with E-state index < -0.39 is 10.1 Å². The third kappa shape index (κ3) is 2.87. The quantitative estimate of drug-likeness (QED) is 0.539. The number of quaternary nitrogens is 1. The zero-order valence-corrected chi connectivity index (χ0v) is 11.5. The molecule has 0 spiro atoms. The molecule has 106 valence electrons. The van der Waals surface area contributed by atoms with Crippen molar-refractivity contribution < 1.29 is 23.8 Å². The van der Waals surface area contributed by atoms with Crippen molar-refractivity contribution in [2.24, 2.45) is 11.3 Å². The van der Waals surface area contributed by atoms with Gasteiger partial charge in [-0.2, -0.15) is 0 Å². The Morgan fingerprint density at radius 2 is 1.89 bits per heavy atom. The molecule has 2 atom stereocenters. The van der Waals surface area contributed by atoms with E-state index in [1.807, 2.05) is 0 Å². The number of fused-ring (bicyclic) bond motifs is 3. The van der Waals surface area contributed by atoms with Gasteiger partial charge < -0.3 is 15.4 Å². The second-order valence-corrected chi connectivity index (χ2v) is 7.54. The molecule has 5 nitrogen and oxygen atoms in total. The molecule has 3 fully saturated rings. The highest BCUT2D eigenvalue weighted by molar-refractivity contribution is 7.85. The molecule has 18 heavy (non-hydrogen) atoms. The van der Waals surface area contributed by atoms with E-state index in [0.717, 1.165) is 38.5 Å². The molecule has 3 rings (SSSR count). The first-order valence-electron chi connectivity index (χ1n) is 6.79. The van der Waals surface area contributed by atoms with Gasteiger partial charge in [0.25, 0.3) is 0 Å². The van der Waals surface area contributed by atoms with E-state index in [1.54, 1.807) is 0 Å². The Kier molecular flexibility index (Phi) is 4.02. The summed E-state index contributed by atoms with van der Waals surface area (Å²) in [5.41, 5.74) is 4.22. The third-order valence-corrected chi connectivity index (χ3v) is 5.82. The van der Waals surface area contributed by atoms with Gasteiger partial charge in [-0.15, -0.1) is 0 Å². The van der Waals surface area contributed by atoms with Gasteiger partial charge in [0, 0.05) is 11.2 Å². The van der Waals surface area contributed by atoms with Gasteiger partial charge in [-0.05, 0) is 44.4 Å². The number of aliphatic hydroxyl groups is 1. The molecule has 0 aliphatic heterocycles. The van der Waals surface area contributed by atoms with Crippen LogP contribution in [0.2, 0.25) is 0 Å². The lowest BCUT2D eigenvalue weighted by molar-refractivity contribution is -0.483. The number of hydrogen-bond donors (Lipinski definition) is 2. The van der Waals surface area contributed by atoms with Gasteiger partial charge in [-0.25, -0.2) is 8.42 Å². The van der Waals surface area contributed by atoms with E-state index in [-0.39, 0.29) is 23.3 Å². The van der Waals surface area contributed by atoms with Crippen molar-refractivity contribution in [3.63, 3.8) is 0 Å². The Hall–Kier alpha value is -0.170. The average Bonchev–Trinajstić information content (AvgIpc) is 2.31. The van der Waals surface area contributed by atoms with Gasteiger partial charge in [-0.3, -0.25) is 0 Å². The predicted octanol–water partition coefficient (Wildman–Crippen LogP) is -0.137. The molecule has 0 radical (unpaired) electrons. The van der Waals surface area contributed by atoms with Crippen LogP contribution in [0.4, 0.5) is 0 Å². The van der Waals surface area contributed by atoms with Crippen LogP contribution in [0.25, 0.3) is 0 Å². The number of hydrogen-bond acceptors (Lipinski definition) is 4. The summed E-state index contributed by atoms with van der Waals surface area (Å²) in [7, 11) is -4.08. The zero-order chi connectivity index (χ0) is 13.4. The molecule has 0 aromatic heterocycles. The molecule has 0 saturated heterocycles. The number of rotatable bonds is 5. The van der Waals surface area contributed by atoms with Crippen molar-refractivity contribution >= 4 is 10.1 Å². The Bertz CT molecular complexity index is 387. The van der Waals surface area contributed by atoms with E-state index >= 15 is 0 Å². The standard InChI is InChI=1S/C12H23NO4S/c13-11-10(14)9-3-6-12(11,7-4-9)5-1-2-8-18(15,16)17/h9-11,14H,1-8,13H2,(H,15,16,17). The van der Waals surface area contributed by atoms with E-state index in [2.05, 4.69) is 5.73 Å². The summed E-state index contributed by atoms with van der Waals surface area (Å²) in [5, 5.41) is 10.1. The van der Waals surface area contributed by atoms with Gasteiger partial charge in [0.1, 0.15) is 12.1 Å². The molecule has 4 N–H and O–H groups in total. The van der Waals surface area contributed by atoms with E-state index in [0.29, 0.717) is 12.3 Å². The van der Waals surface area contributed by atoms with Crippen molar-refractivity contribution in [1.82, 2.24) is 0 Å². The van der Waals surface area contributed by atoms with Gasteiger partial charge in [0.2, 0.25) is 0 Å². The van der Waals surface area contributed by atoms with Gasteiger partial charge in [0.05, 0.1) is 10.1 Å². The molecule has 0 aromatic carbocycles. The highest BCUT2D eigenvalue weighted by Crippen LogP contribution is 2.51. The lowest BCUT2D eigenvalue weighted by atomic mass is 9.55. The van der Waals surface area contributed by atoms with Gasteiger partial charge in [-0.1, -0.05) is 6.42 Å². The Morgan fingerprint density at radius 3 is 2.44 bits per heavy atom. The predicted molar refractivity (Wildman–Crippen MR) is 65.5 cm³/mol. The summed E-state index contributed by atoms with van der Waals surface area (Å²) < 4.78 is 31.6. The fraction of sp³-hybridized carbons (Fsp3) is 1.00. The van der Waals surface area contributed by atoms with Crippen molar-refractivity contribution in [1.29, 1.82) is 0 Å². The summed E-state index contributed by atoms with van der Waals surface area (Å²) in [4.78, 5) is 0. The topological polar surface area (TPSA) is 105 Å². The van der Waals surface area contributed by atoms with E-state index in [9.17, 15) is 18.1 Å². The van der Waals surface area contributed by atoms with Gasteiger partial charge >= 0.3 is 0 Å². The fourth-order valence-corrected chi connectivity index (χ4v) is 4.37. The minimum absolute atomic E-state index is 0.0638. The summed E-state index contributed by atoms with van der Waals surface area (Å²) in [6.07, 6.45) is 6.07. The van der Waals surface area contributed by atoms with E-state index in [1.165, 1.54) is 0 Å². The SMILES string of the molecule is [NH3+]C1C(O)C2CCC1(CCCCS(=O)(=O)[O-])CC2. The van der Waals surface area contributed by atoms with Crippen LogP contribution in [0.1, 0.15) is 44.9 Å². The molecule has 3 aliphatic carbocycles. The normalized spacial score (nSPS) is 40.1. The molecule has 0 heterocycles. The van der Waals surface area contributed by atoms with Crippen LogP contribution in [0, 0.1) is 11.3 Å². The minimum atomic E-state index is -4.08. The van der Waals surface area contributed by atoms with Crippen LogP contribution in [-0.4, -0.2) is 36.0 Å². The Labute approximate surface area is 109 Å². The molecule has 2 bridgehead atoms. The molecule has 0 amide bonds. The Morgan fingerprint density at radius 1 is 1.28 bits per heavy atom. The summed E-state index contributed by atoms with van der Waals surface area (Å²) in [6.45, 7) is 0. The molecular weight excluding hydrogens is 254 g/mol. The van der Waals surface area contributed by atoms with Gasteiger partial charge in [0.15, 0.2) is 0 Å². The molecule has 3 saturated carbocycles. The van der Waals surface area contributed by atoms with Crippen LogP contribution in [0.3, 0.4) is 0 Å². The zero-order valence-electron chi connectivity index (χ0n) is 10.7. The molecule has 6 heteroatoms. The summed E-state index contributed by atoms with van der Waals surface area (Å²) in [6, 6.07) is 0.0638. The first kappa shape index (κ1) is 14.2. The Balaban J connectivity index is 1.87. The van der Waals surface area contributed by atoms with Crippen molar-refractivity contribution in [2.75, 3.05) is 5.75 Å². The minimum Gasteiger partial charge on any atom is -0.748 e. The fourth-order valence-electron chi connectivity index (χ4n) is 3.81. The second-order valence-electron chi connectivity index (χ2n) is 6.02. The number of unbranched alkanes of at least 4 members (excludes halogenated alkanes) is 1. The highest BCUT2D eigenvalue weighted by Gasteiger charge is 2.53. The van der Waals surface area contributed by atoms with Crippen molar-refractivity contribution in [3.05, 3.63) is 0 Å². The molecular formula is C12H23NO4S. The second kappa shape index (κ2) is 5.07. The third-order valence-electron chi connectivity index (χ3n) is 5.03. The monoisotopic (exact) mass is 277 g/mol. The van der Waals surface area contributed by atoms with Crippen molar-refractivity contribution in [3.8, 4) is 0 Å². The smallest absolute Gasteiger partial charge is 0.117 e. The van der Waals surface area contributed by atoms with Crippen LogP contribution >= 0.6 is 0 Å². The maximum Gasteiger partial charge on any atom is 0.117 e. The van der Waals surface area contributed by atoms with Crippen LogP contribution in [0.15, 0.2) is 0 Å². The molecule has 0 aromatic rings. The average molecular weight is 277 g/mol.